The van der Waals surface area contributed by atoms with E-state index >= 15 is 0 Å². The minimum Gasteiger partial charge on any atom is -0.383 e. The van der Waals surface area contributed by atoms with E-state index in [1.807, 2.05) is 13.0 Å². The number of anilines is 1. The number of ketones is 1. The molecule has 0 spiro atoms. The van der Waals surface area contributed by atoms with E-state index in [0.29, 0.717) is 12.2 Å². The average molecular weight is 381 g/mol. The fourth-order valence-corrected chi connectivity index (χ4v) is 4.98. The van der Waals surface area contributed by atoms with Crippen molar-refractivity contribution < 1.29 is 4.79 Å². The molecule has 3 aromatic rings. The van der Waals surface area contributed by atoms with Gasteiger partial charge in [0, 0.05) is 29.3 Å². The highest BCUT2D eigenvalue weighted by Crippen LogP contribution is 2.41. The van der Waals surface area contributed by atoms with Gasteiger partial charge in [0.1, 0.15) is 12.1 Å². The van der Waals surface area contributed by atoms with Crippen molar-refractivity contribution in [3.05, 3.63) is 41.5 Å². The molecule has 0 bridgehead atoms. The van der Waals surface area contributed by atoms with Crippen LogP contribution in [0.5, 0.6) is 0 Å². The Balaban J connectivity index is 2.00. The lowest BCUT2D eigenvalue weighted by molar-refractivity contribution is 0.0910. The first-order valence-corrected chi connectivity index (χ1v) is 10.2. The van der Waals surface area contributed by atoms with E-state index in [1.54, 1.807) is 11.8 Å². The van der Waals surface area contributed by atoms with E-state index in [9.17, 15) is 4.79 Å². The molecule has 0 saturated carbocycles. The molecule has 1 aromatic carbocycles. The Morgan fingerprint density at radius 3 is 2.78 bits per heavy atom. The summed E-state index contributed by atoms with van der Waals surface area (Å²) in [5.74, 6) is 1.66. The van der Waals surface area contributed by atoms with E-state index in [1.165, 1.54) is 6.33 Å². The normalized spacial score (nSPS) is 15.9. The van der Waals surface area contributed by atoms with E-state index in [2.05, 4.69) is 47.6 Å². The summed E-state index contributed by atoms with van der Waals surface area (Å²) >= 11 is 1.74. The van der Waals surface area contributed by atoms with Crippen LogP contribution in [0.4, 0.5) is 5.82 Å². The summed E-state index contributed by atoms with van der Waals surface area (Å²) in [6.45, 7) is 8.48. The van der Waals surface area contributed by atoms with Crippen molar-refractivity contribution in [3.8, 4) is 5.69 Å². The molecule has 0 unspecified atom stereocenters. The summed E-state index contributed by atoms with van der Waals surface area (Å²) in [4.78, 5) is 22.5. The predicted octanol–water partition coefficient (Wildman–Crippen LogP) is 4.58. The second-order valence-electron chi connectivity index (χ2n) is 7.95. The van der Waals surface area contributed by atoms with Crippen LogP contribution in [0.2, 0.25) is 0 Å². The van der Waals surface area contributed by atoms with Crippen molar-refractivity contribution >= 4 is 34.3 Å². The number of thioether (sulfide) groups is 1. The zero-order chi connectivity index (χ0) is 19.3. The summed E-state index contributed by atoms with van der Waals surface area (Å²) in [6, 6.07) is 4.06. The van der Waals surface area contributed by atoms with Gasteiger partial charge in [0.15, 0.2) is 5.78 Å². The number of hydrogen-bond acceptors (Lipinski definition) is 5. The standard InChI is InChI=1S/C21H24N4OS/c1-5-27-19-14(7-6-13-18(19)23-11-24-20(13)22)25-10-12(2)17-15(25)8-21(3,4)9-16(17)26/h6-7,10-11H,5,8-9H2,1-4H3,(H2,22,23,24). The number of hydrogen-bond donors (Lipinski definition) is 1. The van der Waals surface area contributed by atoms with Crippen molar-refractivity contribution in [2.45, 2.75) is 45.4 Å². The lowest BCUT2D eigenvalue weighted by Gasteiger charge is -2.30. The molecule has 0 saturated heterocycles. The highest BCUT2D eigenvalue weighted by Gasteiger charge is 2.35. The van der Waals surface area contributed by atoms with Crippen LogP contribution in [0.3, 0.4) is 0 Å². The summed E-state index contributed by atoms with van der Waals surface area (Å²) in [7, 11) is 0. The molecule has 0 aliphatic heterocycles. The van der Waals surface area contributed by atoms with Crippen LogP contribution in [0.15, 0.2) is 29.6 Å². The number of rotatable bonds is 3. The molecule has 0 amide bonds. The van der Waals surface area contributed by atoms with Gasteiger partial charge in [0.25, 0.3) is 0 Å². The minimum absolute atomic E-state index is 0.0336. The zero-order valence-electron chi connectivity index (χ0n) is 16.2. The summed E-state index contributed by atoms with van der Waals surface area (Å²) in [5, 5.41) is 0.867. The fourth-order valence-electron chi connectivity index (χ4n) is 4.08. The zero-order valence-corrected chi connectivity index (χ0v) is 17.0. The Hall–Kier alpha value is -2.34. The first-order valence-electron chi connectivity index (χ1n) is 9.23. The van der Waals surface area contributed by atoms with Gasteiger partial charge in [-0.05, 0) is 42.2 Å². The molecule has 1 aliphatic rings. The predicted molar refractivity (Wildman–Crippen MR) is 111 cm³/mol. The number of aryl methyl sites for hydroxylation is 1. The number of Topliss-reactive ketones (excluding diaryl/α,β-unsaturated/α-hetero) is 1. The topological polar surface area (TPSA) is 73.8 Å². The number of nitrogens with two attached hydrogens (primary N) is 1. The maximum absolute atomic E-state index is 12.8. The number of fused-ring (bicyclic) bond motifs is 2. The van der Waals surface area contributed by atoms with Crippen LogP contribution in [0, 0.1) is 12.3 Å². The summed E-state index contributed by atoms with van der Waals surface area (Å²) in [5.41, 5.74) is 11.0. The van der Waals surface area contributed by atoms with Crippen molar-refractivity contribution in [2.24, 2.45) is 5.41 Å². The highest BCUT2D eigenvalue weighted by molar-refractivity contribution is 7.99. The third kappa shape index (κ3) is 2.92. The van der Waals surface area contributed by atoms with Crippen LogP contribution in [-0.4, -0.2) is 26.1 Å². The quantitative estimate of drug-likeness (QED) is 0.673. The Bertz CT molecular complexity index is 1070. The number of nitrogen functional groups attached to an aromatic ring is 1. The first-order chi connectivity index (χ1) is 12.8. The number of aromatic nitrogens is 3. The number of nitrogens with zero attached hydrogens (tertiary/aromatic N) is 3. The second kappa shape index (κ2) is 6.37. The second-order valence-corrected chi connectivity index (χ2v) is 9.22. The van der Waals surface area contributed by atoms with Crippen LogP contribution < -0.4 is 5.73 Å². The molecule has 2 N–H and O–H groups in total. The van der Waals surface area contributed by atoms with E-state index in [-0.39, 0.29) is 11.2 Å². The molecule has 5 nitrogen and oxygen atoms in total. The van der Waals surface area contributed by atoms with Gasteiger partial charge in [0.2, 0.25) is 0 Å². The molecule has 0 radical (unpaired) electrons. The Morgan fingerprint density at radius 1 is 1.26 bits per heavy atom. The first kappa shape index (κ1) is 18.0. The van der Waals surface area contributed by atoms with Gasteiger partial charge in [0.05, 0.1) is 16.1 Å². The molecule has 2 aromatic heterocycles. The molecule has 1 aliphatic carbocycles. The lowest BCUT2D eigenvalue weighted by Crippen LogP contribution is -2.28. The van der Waals surface area contributed by atoms with Crippen molar-refractivity contribution in [1.82, 2.24) is 14.5 Å². The van der Waals surface area contributed by atoms with E-state index < -0.39 is 0 Å². The van der Waals surface area contributed by atoms with Gasteiger partial charge in [-0.3, -0.25) is 4.79 Å². The maximum atomic E-state index is 12.8. The Morgan fingerprint density at radius 2 is 2.04 bits per heavy atom. The van der Waals surface area contributed by atoms with Crippen LogP contribution in [-0.2, 0) is 6.42 Å². The van der Waals surface area contributed by atoms with Gasteiger partial charge < -0.3 is 10.3 Å². The average Bonchev–Trinajstić information content (AvgIpc) is 2.91. The van der Waals surface area contributed by atoms with Crippen LogP contribution in [0.1, 0.15) is 48.8 Å². The maximum Gasteiger partial charge on any atom is 0.165 e. The van der Waals surface area contributed by atoms with Gasteiger partial charge in [-0.2, -0.15) is 0 Å². The Kier molecular flexibility index (Phi) is 4.26. The molecule has 2 heterocycles. The SMILES string of the molecule is CCSc1c(-n2cc(C)c3c2CC(C)(C)CC3=O)ccc2c(N)ncnc12. The third-order valence-electron chi connectivity index (χ3n) is 5.18. The monoisotopic (exact) mass is 380 g/mol. The van der Waals surface area contributed by atoms with E-state index in [4.69, 9.17) is 5.73 Å². The number of carbonyl (C=O) groups is 1. The lowest BCUT2D eigenvalue weighted by atomic mass is 9.75. The molecule has 6 heteroatoms. The van der Waals surface area contributed by atoms with Crippen LogP contribution >= 0.6 is 11.8 Å². The van der Waals surface area contributed by atoms with Crippen molar-refractivity contribution in [1.29, 1.82) is 0 Å². The Labute approximate surface area is 163 Å². The molecule has 0 atom stereocenters. The van der Waals surface area contributed by atoms with Crippen molar-refractivity contribution in [3.63, 3.8) is 0 Å². The molecule has 27 heavy (non-hydrogen) atoms. The van der Waals surface area contributed by atoms with Crippen molar-refractivity contribution in [2.75, 3.05) is 11.5 Å². The molecule has 140 valence electrons. The fraction of sp³-hybridized carbons (Fsp3) is 0.381. The largest absolute Gasteiger partial charge is 0.383 e. The number of carbonyl (C=O) groups excluding carboxylic acids is 1. The van der Waals surface area contributed by atoms with Gasteiger partial charge in [-0.15, -0.1) is 11.8 Å². The summed E-state index contributed by atoms with van der Waals surface area (Å²) in [6.07, 6.45) is 5.09. The van der Waals surface area contributed by atoms with Gasteiger partial charge in [-0.25, -0.2) is 9.97 Å². The minimum atomic E-state index is -0.0336. The molecular formula is C21H24N4OS. The smallest absolute Gasteiger partial charge is 0.165 e. The van der Waals surface area contributed by atoms with Gasteiger partial charge in [-0.1, -0.05) is 20.8 Å². The summed E-state index contributed by atoms with van der Waals surface area (Å²) < 4.78 is 2.19. The number of benzene rings is 1. The van der Waals surface area contributed by atoms with Crippen LogP contribution in [0.25, 0.3) is 16.6 Å². The molecule has 0 fully saturated rings. The van der Waals surface area contributed by atoms with E-state index in [0.717, 1.165) is 50.5 Å². The highest BCUT2D eigenvalue weighted by atomic mass is 32.2. The molecular weight excluding hydrogens is 356 g/mol. The van der Waals surface area contributed by atoms with Gasteiger partial charge >= 0.3 is 0 Å². The molecule has 4 rings (SSSR count). The third-order valence-corrected chi connectivity index (χ3v) is 6.16.